The molecule has 90 valence electrons. The Kier molecular flexibility index (Phi) is 6.26. The van der Waals surface area contributed by atoms with E-state index in [4.69, 9.17) is 5.73 Å². The molecule has 0 radical (unpaired) electrons. The van der Waals surface area contributed by atoms with Gasteiger partial charge in [-0.25, -0.2) is 0 Å². The van der Waals surface area contributed by atoms with Crippen LogP contribution in [0.25, 0.3) is 0 Å². The number of nitrogens with two attached hydrogens (primary N) is 1. The van der Waals surface area contributed by atoms with Crippen molar-refractivity contribution in [1.82, 2.24) is 5.32 Å². The Bertz CT molecular complexity index is 153. The average molecular weight is 212 g/mol. The molecular formula is C13H28N2. The van der Waals surface area contributed by atoms with E-state index in [-0.39, 0.29) is 0 Å². The highest BCUT2D eigenvalue weighted by molar-refractivity contribution is 4.89. The first-order valence-electron chi connectivity index (χ1n) is 6.71. The van der Waals surface area contributed by atoms with Crippen molar-refractivity contribution >= 4 is 0 Å². The minimum Gasteiger partial charge on any atom is -0.330 e. The molecule has 0 bridgehead atoms. The Morgan fingerprint density at radius 2 is 2.07 bits per heavy atom. The first kappa shape index (κ1) is 13.0. The van der Waals surface area contributed by atoms with E-state index in [1.807, 2.05) is 0 Å². The zero-order chi connectivity index (χ0) is 11.1. The number of nitrogens with one attached hydrogen (secondary N) is 1. The fourth-order valence-electron chi connectivity index (χ4n) is 2.36. The average Bonchev–Trinajstić information content (AvgIpc) is 2.90. The maximum atomic E-state index is 5.62. The van der Waals surface area contributed by atoms with E-state index in [1.54, 1.807) is 0 Å². The third-order valence-electron chi connectivity index (χ3n) is 3.58. The summed E-state index contributed by atoms with van der Waals surface area (Å²) in [6.45, 7) is 6.66. The van der Waals surface area contributed by atoms with Crippen molar-refractivity contribution < 1.29 is 0 Å². The molecule has 0 aromatic carbocycles. The summed E-state index contributed by atoms with van der Waals surface area (Å²) < 4.78 is 0. The van der Waals surface area contributed by atoms with Crippen molar-refractivity contribution in [2.24, 2.45) is 17.6 Å². The van der Waals surface area contributed by atoms with E-state index in [9.17, 15) is 0 Å². The predicted octanol–water partition coefficient (Wildman–Crippen LogP) is 2.53. The Morgan fingerprint density at radius 3 is 2.60 bits per heavy atom. The SMILES string of the molecule is CCCC(CCN)CCCNC1CC1C. The van der Waals surface area contributed by atoms with Crippen molar-refractivity contribution in [3.63, 3.8) is 0 Å². The molecule has 0 heterocycles. The second-order valence-electron chi connectivity index (χ2n) is 5.15. The highest BCUT2D eigenvalue weighted by Crippen LogP contribution is 2.28. The van der Waals surface area contributed by atoms with E-state index in [0.29, 0.717) is 0 Å². The summed E-state index contributed by atoms with van der Waals surface area (Å²) in [5, 5.41) is 3.61. The molecule has 3 atom stereocenters. The Balaban J connectivity index is 1.95. The molecule has 0 amide bonds. The molecule has 0 saturated heterocycles. The molecule has 3 N–H and O–H groups in total. The van der Waals surface area contributed by atoms with Gasteiger partial charge in [0.2, 0.25) is 0 Å². The second kappa shape index (κ2) is 7.24. The smallest absolute Gasteiger partial charge is 0.00963 e. The number of hydrogen-bond acceptors (Lipinski definition) is 2. The highest BCUT2D eigenvalue weighted by atomic mass is 15.0. The molecule has 2 nitrogen and oxygen atoms in total. The van der Waals surface area contributed by atoms with Crippen LogP contribution in [0.1, 0.15) is 52.4 Å². The fourth-order valence-corrected chi connectivity index (χ4v) is 2.36. The van der Waals surface area contributed by atoms with Crippen LogP contribution in [0.2, 0.25) is 0 Å². The normalized spacial score (nSPS) is 26.6. The summed E-state index contributed by atoms with van der Waals surface area (Å²) >= 11 is 0. The van der Waals surface area contributed by atoms with Gasteiger partial charge in [0.1, 0.15) is 0 Å². The van der Waals surface area contributed by atoms with Gasteiger partial charge in [0.15, 0.2) is 0 Å². The molecule has 0 aliphatic heterocycles. The van der Waals surface area contributed by atoms with Crippen molar-refractivity contribution in [3.8, 4) is 0 Å². The van der Waals surface area contributed by atoms with Gasteiger partial charge in [0, 0.05) is 6.04 Å². The van der Waals surface area contributed by atoms with Crippen molar-refractivity contribution in [2.45, 2.75) is 58.4 Å². The van der Waals surface area contributed by atoms with Gasteiger partial charge in [-0.05, 0) is 50.6 Å². The number of hydrogen-bond donors (Lipinski definition) is 2. The van der Waals surface area contributed by atoms with Crippen LogP contribution in [-0.2, 0) is 0 Å². The molecule has 2 heteroatoms. The lowest BCUT2D eigenvalue weighted by atomic mass is 9.94. The van der Waals surface area contributed by atoms with Crippen LogP contribution in [0.4, 0.5) is 0 Å². The standard InChI is InChI=1S/C13H28N2/c1-3-5-12(7-8-14)6-4-9-15-13-10-11(13)2/h11-13,15H,3-10,14H2,1-2H3. The van der Waals surface area contributed by atoms with Crippen LogP contribution < -0.4 is 11.1 Å². The van der Waals surface area contributed by atoms with Gasteiger partial charge in [-0.15, -0.1) is 0 Å². The van der Waals surface area contributed by atoms with E-state index < -0.39 is 0 Å². The lowest BCUT2D eigenvalue weighted by Crippen LogP contribution is -2.20. The third-order valence-corrected chi connectivity index (χ3v) is 3.58. The van der Waals surface area contributed by atoms with E-state index in [2.05, 4.69) is 19.2 Å². The molecule has 1 saturated carbocycles. The molecule has 1 aliphatic rings. The maximum absolute atomic E-state index is 5.62. The molecule has 1 aliphatic carbocycles. The number of rotatable bonds is 9. The lowest BCUT2D eigenvalue weighted by molar-refractivity contribution is 0.402. The van der Waals surface area contributed by atoms with Gasteiger partial charge in [0.25, 0.3) is 0 Å². The van der Waals surface area contributed by atoms with E-state index in [0.717, 1.165) is 24.4 Å². The van der Waals surface area contributed by atoms with E-state index in [1.165, 1.54) is 45.1 Å². The quantitative estimate of drug-likeness (QED) is 0.576. The highest BCUT2D eigenvalue weighted by Gasteiger charge is 2.31. The predicted molar refractivity (Wildman–Crippen MR) is 66.9 cm³/mol. The first-order chi connectivity index (χ1) is 7.27. The first-order valence-corrected chi connectivity index (χ1v) is 6.71. The summed E-state index contributed by atoms with van der Waals surface area (Å²) in [7, 11) is 0. The molecule has 1 rings (SSSR count). The minimum absolute atomic E-state index is 0.837. The van der Waals surface area contributed by atoms with Crippen LogP contribution in [0.15, 0.2) is 0 Å². The Hall–Kier alpha value is -0.0800. The largest absolute Gasteiger partial charge is 0.330 e. The summed E-state index contributed by atoms with van der Waals surface area (Å²) in [5.74, 6) is 1.80. The van der Waals surface area contributed by atoms with Gasteiger partial charge >= 0.3 is 0 Å². The van der Waals surface area contributed by atoms with Crippen molar-refractivity contribution in [1.29, 1.82) is 0 Å². The minimum atomic E-state index is 0.837. The third kappa shape index (κ3) is 5.53. The van der Waals surface area contributed by atoms with Gasteiger partial charge in [-0.2, -0.15) is 0 Å². The van der Waals surface area contributed by atoms with Crippen LogP contribution >= 0.6 is 0 Å². The Morgan fingerprint density at radius 1 is 1.33 bits per heavy atom. The molecular weight excluding hydrogens is 184 g/mol. The second-order valence-corrected chi connectivity index (χ2v) is 5.15. The molecule has 0 aromatic rings. The zero-order valence-electron chi connectivity index (χ0n) is 10.5. The molecule has 0 aromatic heterocycles. The summed E-state index contributed by atoms with van der Waals surface area (Å²) in [5.41, 5.74) is 5.62. The van der Waals surface area contributed by atoms with Crippen LogP contribution in [0.5, 0.6) is 0 Å². The summed E-state index contributed by atoms with van der Waals surface area (Å²) in [6.07, 6.45) is 7.96. The van der Waals surface area contributed by atoms with Crippen LogP contribution in [0, 0.1) is 11.8 Å². The Labute approximate surface area is 95.0 Å². The maximum Gasteiger partial charge on any atom is 0.00963 e. The monoisotopic (exact) mass is 212 g/mol. The summed E-state index contributed by atoms with van der Waals surface area (Å²) in [6, 6.07) is 0.837. The van der Waals surface area contributed by atoms with Gasteiger partial charge in [-0.3, -0.25) is 0 Å². The van der Waals surface area contributed by atoms with Gasteiger partial charge in [0.05, 0.1) is 0 Å². The fraction of sp³-hybridized carbons (Fsp3) is 1.00. The van der Waals surface area contributed by atoms with E-state index >= 15 is 0 Å². The van der Waals surface area contributed by atoms with Crippen molar-refractivity contribution in [3.05, 3.63) is 0 Å². The lowest BCUT2D eigenvalue weighted by Gasteiger charge is -2.14. The van der Waals surface area contributed by atoms with Gasteiger partial charge < -0.3 is 11.1 Å². The summed E-state index contributed by atoms with van der Waals surface area (Å²) in [4.78, 5) is 0. The van der Waals surface area contributed by atoms with Crippen LogP contribution in [0.3, 0.4) is 0 Å². The van der Waals surface area contributed by atoms with Gasteiger partial charge in [-0.1, -0.05) is 26.7 Å². The molecule has 1 fully saturated rings. The van der Waals surface area contributed by atoms with Crippen LogP contribution in [-0.4, -0.2) is 19.1 Å². The molecule has 15 heavy (non-hydrogen) atoms. The zero-order valence-corrected chi connectivity index (χ0v) is 10.5. The topological polar surface area (TPSA) is 38.0 Å². The molecule has 3 unspecified atom stereocenters. The molecule has 0 spiro atoms. The van der Waals surface area contributed by atoms with Crippen molar-refractivity contribution in [2.75, 3.05) is 13.1 Å².